The molecule has 0 radical (unpaired) electrons. The van der Waals surface area contributed by atoms with E-state index in [2.05, 4.69) is 157 Å². The van der Waals surface area contributed by atoms with Gasteiger partial charge in [-0.3, -0.25) is 9.59 Å². The predicted molar refractivity (Wildman–Crippen MR) is 277 cm³/mol. The topological polar surface area (TPSA) is 50.5 Å². The summed E-state index contributed by atoms with van der Waals surface area (Å²) in [6, 6.07) is 46.7. The molecular weight excluding hydrogens is 849 g/mol. The van der Waals surface area contributed by atoms with Gasteiger partial charge in [-0.2, -0.15) is 0 Å². The van der Waals surface area contributed by atoms with E-state index in [1.54, 1.807) is 22.7 Å². The minimum Gasteiger partial charge on any atom is -0.316 e. The molecule has 0 saturated heterocycles. The molecule has 2 amide bonds. The van der Waals surface area contributed by atoms with Gasteiger partial charge in [-0.1, -0.05) is 151 Å². The number of hydrogen-bond acceptors (Lipinski definition) is 4. The summed E-state index contributed by atoms with van der Waals surface area (Å²) in [5, 5.41) is 2.34. The summed E-state index contributed by atoms with van der Waals surface area (Å²) < 4.78 is 4.52. The molecule has 0 N–H and O–H groups in total. The van der Waals surface area contributed by atoms with Crippen LogP contribution in [0.2, 0.25) is 0 Å². The molecule has 8 heteroatoms. The van der Waals surface area contributed by atoms with Crippen LogP contribution in [-0.4, -0.2) is 43.8 Å². The summed E-state index contributed by atoms with van der Waals surface area (Å²) >= 11 is 3.37. The lowest BCUT2D eigenvalue weighted by Gasteiger charge is -2.24. The standard InChI is InChI=1S/C58H58N4O2S2/c1-3-5-7-9-11-23-37-59-55(51-35-33-49(65-51)45-39-61(41-25-15-13-16-26-41)47-31-21-19-29-43(45)47)53-54(57(59)63)56(60(58(53)64)38-24-12-10-8-6-4-2)52-36-34-50(66-52)46-40-62(42-27-17-14-18-28-42)48-32-22-20-30-44(46)48/h13-22,25-36,39-40H,3-12,23-24,37-38H2,1-2H3. The number of unbranched alkanes of at least 4 members (excludes halogenated alkanes) is 10. The van der Waals surface area contributed by atoms with Crippen molar-refractivity contribution in [1.82, 2.24) is 18.9 Å². The van der Waals surface area contributed by atoms with Gasteiger partial charge in [-0.05, 0) is 73.5 Å². The van der Waals surface area contributed by atoms with Crippen LogP contribution in [0.3, 0.4) is 0 Å². The predicted octanol–water partition coefficient (Wildman–Crippen LogP) is 15.6. The average molecular weight is 907 g/mol. The Labute approximate surface area is 397 Å². The molecule has 0 fully saturated rings. The summed E-state index contributed by atoms with van der Waals surface area (Å²) in [6.07, 6.45) is 17.9. The molecule has 6 heterocycles. The molecule has 0 spiro atoms. The fraction of sp³-hybridized carbons (Fsp3) is 0.276. The van der Waals surface area contributed by atoms with Gasteiger partial charge in [0.2, 0.25) is 0 Å². The average Bonchev–Trinajstić information content (AvgIpc) is 4.23. The maximum Gasteiger partial charge on any atom is 0.261 e. The van der Waals surface area contributed by atoms with Crippen LogP contribution in [0.25, 0.3) is 65.5 Å². The van der Waals surface area contributed by atoms with Gasteiger partial charge in [0.15, 0.2) is 0 Å². The number of fused-ring (bicyclic) bond motifs is 3. The van der Waals surface area contributed by atoms with Gasteiger partial charge < -0.3 is 18.9 Å². The summed E-state index contributed by atoms with van der Waals surface area (Å²) in [5.74, 6) is -0.0952. The number of para-hydroxylation sites is 4. The van der Waals surface area contributed by atoms with Crippen LogP contribution in [0.5, 0.6) is 0 Å². The molecule has 4 aromatic carbocycles. The Morgan fingerprint density at radius 1 is 0.394 bits per heavy atom. The SMILES string of the molecule is CCCCCCCCN1C(=O)C2=C(c3ccc(-c4cn(-c5ccccc5)c5ccccc45)s3)N(CCCCCCCC)C(=O)C2=C1c1ccc(-c2cn(-c3ccccc3)c3ccccc23)s1. The first-order chi connectivity index (χ1) is 32.6. The fourth-order valence-electron chi connectivity index (χ4n) is 10.0. The molecule has 0 unspecified atom stereocenters. The van der Waals surface area contributed by atoms with Gasteiger partial charge in [0.25, 0.3) is 11.8 Å². The second kappa shape index (κ2) is 19.7. The molecule has 334 valence electrons. The monoisotopic (exact) mass is 906 g/mol. The van der Waals surface area contributed by atoms with E-state index in [-0.39, 0.29) is 11.8 Å². The Balaban J connectivity index is 1.08. The van der Waals surface area contributed by atoms with Crippen molar-refractivity contribution in [3.8, 4) is 32.3 Å². The van der Waals surface area contributed by atoms with Crippen molar-refractivity contribution in [2.24, 2.45) is 0 Å². The zero-order valence-corrected chi connectivity index (χ0v) is 39.8. The maximum atomic E-state index is 15.3. The van der Waals surface area contributed by atoms with Crippen LogP contribution >= 0.6 is 22.7 Å². The summed E-state index contributed by atoms with van der Waals surface area (Å²) in [5.41, 5.74) is 9.48. The third-order valence-electron chi connectivity index (χ3n) is 13.4. The second-order valence-corrected chi connectivity index (χ2v) is 19.9. The Kier molecular flexibility index (Phi) is 13.0. The van der Waals surface area contributed by atoms with Crippen molar-refractivity contribution in [3.05, 3.63) is 167 Å². The van der Waals surface area contributed by atoms with Crippen LogP contribution in [0.4, 0.5) is 0 Å². The van der Waals surface area contributed by atoms with E-state index in [0.29, 0.717) is 24.2 Å². The van der Waals surface area contributed by atoms with Gasteiger partial charge in [0.05, 0.1) is 43.3 Å². The molecule has 0 bridgehead atoms. The minimum absolute atomic E-state index is 0.0476. The molecule has 4 aromatic heterocycles. The lowest BCUT2D eigenvalue weighted by atomic mass is 10.1. The van der Waals surface area contributed by atoms with Crippen LogP contribution in [0.15, 0.2) is 157 Å². The number of thiophene rings is 2. The van der Waals surface area contributed by atoms with E-state index < -0.39 is 0 Å². The number of rotatable bonds is 20. The van der Waals surface area contributed by atoms with Gasteiger partial charge in [0, 0.05) is 68.5 Å². The highest BCUT2D eigenvalue weighted by atomic mass is 32.1. The molecule has 66 heavy (non-hydrogen) atoms. The molecular formula is C58H58N4O2S2. The highest BCUT2D eigenvalue weighted by molar-refractivity contribution is 7.17. The molecule has 10 rings (SSSR count). The Morgan fingerprint density at radius 2 is 0.758 bits per heavy atom. The number of aromatic nitrogens is 2. The molecule has 0 atom stereocenters. The van der Waals surface area contributed by atoms with E-state index in [0.717, 1.165) is 103 Å². The van der Waals surface area contributed by atoms with Gasteiger partial charge in [-0.15, -0.1) is 22.7 Å². The molecule has 2 aliphatic rings. The molecule has 2 aliphatic heterocycles. The lowest BCUT2D eigenvalue weighted by molar-refractivity contribution is -0.124. The van der Waals surface area contributed by atoms with E-state index in [1.165, 1.54) is 49.3 Å². The summed E-state index contributed by atoms with van der Waals surface area (Å²) in [4.78, 5) is 38.7. The van der Waals surface area contributed by atoms with E-state index >= 15 is 9.59 Å². The molecule has 0 aliphatic carbocycles. The maximum absolute atomic E-state index is 15.3. The van der Waals surface area contributed by atoms with Gasteiger partial charge in [-0.25, -0.2) is 0 Å². The van der Waals surface area contributed by atoms with Crippen molar-refractivity contribution in [3.63, 3.8) is 0 Å². The molecule has 8 aromatic rings. The first-order valence-electron chi connectivity index (χ1n) is 24.2. The van der Waals surface area contributed by atoms with E-state index in [9.17, 15) is 0 Å². The van der Waals surface area contributed by atoms with Crippen molar-refractivity contribution in [2.75, 3.05) is 13.1 Å². The van der Waals surface area contributed by atoms with E-state index in [4.69, 9.17) is 0 Å². The number of hydrogen-bond donors (Lipinski definition) is 0. The van der Waals surface area contributed by atoms with Crippen molar-refractivity contribution < 1.29 is 9.59 Å². The van der Waals surface area contributed by atoms with Crippen LogP contribution in [0, 0.1) is 0 Å². The van der Waals surface area contributed by atoms with Crippen LogP contribution in [0.1, 0.15) is 101 Å². The fourth-order valence-corrected chi connectivity index (χ4v) is 12.2. The van der Waals surface area contributed by atoms with E-state index in [1.807, 2.05) is 21.9 Å². The number of carbonyl (C=O) groups excluding carboxylic acids is 2. The lowest BCUT2D eigenvalue weighted by Crippen LogP contribution is -2.30. The normalized spacial score (nSPS) is 14.0. The number of carbonyl (C=O) groups is 2. The second-order valence-electron chi connectivity index (χ2n) is 17.8. The Bertz CT molecular complexity index is 2860. The zero-order valence-electron chi connectivity index (χ0n) is 38.2. The van der Waals surface area contributed by atoms with Crippen molar-refractivity contribution in [1.29, 1.82) is 0 Å². The molecule has 6 nitrogen and oxygen atoms in total. The first kappa shape index (κ1) is 43.7. The highest BCUT2D eigenvalue weighted by Gasteiger charge is 2.49. The summed E-state index contributed by atoms with van der Waals surface area (Å²) in [7, 11) is 0. The minimum atomic E-state index is -0.0476. The Morgan fingerprint density at radius 3 is 1.18 bits per heavy atom. The van der Waals surface area contributed by atoms with Crippen LogP contribution in [-0.2, 0) is 9.59 Å². The first-order valence-corrected chi connectivity index (χ1v) is 25.8. The Hall–Kier alpha value is -6.22. The number of benzene rings is 4. The smallest absolute Gasteiger partial charge is 0.261 e. The van der Waals surface area contributed by atoms with Gasteiger partial charge >= 0.3 is 0 Å². The summed E-state index contributed by atoms with van der Waals surface area (Å²) in [6.45, 7) is 5.65. The van der Waals surface area contributed by atoms with Crippen molar-refractivity contribution >= 4 is 67.7 Å². The quantitative estimate of drug-likeness (QED) is 0.0716. The third kappa shape index (κ3) is 8.30. The van der Waals surface area contributed by atoms with Crippen molar-refractivity contribution in [2.45, 2.75) is 90.9 Å². The third-order valence-corrected chi connectivity index (χ3v) is 15.6. The highest BCUT2D eigenvalue weighted by Crippen LogP contribution is 2.51. The number of amides is 2. The van der Waals surface area contributed by atoms with Crippen LogP contribution < -0.4 is 0 Å². The largest absolute Gasteiger partial charge is 0.316 e. The number of nitrogens with zero attached hydrogens (tertiary/aromatic N) is 4. The molecule has 0 saturated carbocycles. The zero-order chi connectivity index (χ0) is 45.0. The van der Waals surface area contributed by atoms with Gasteiger partial charge in [0.1, 0.15) is 0 Å².